The van der Waals surface area contributed by atoms with Gasteiger partial charge in [-0.15, -0.1) is 0 Å². The molecule has 2 aromatic heterocycles. The Morgan fingerprint density at radius 2 is 2.03 bits per heavy atom. The molecule has 174 valence electrons. The fourth-order valence-corrected chi connectivity index (χ4v) is 3.93. The third-order valence-corrected chi connectivity index (χ3v) is 5.59. The van der Waals surface area contributed by atoms with E-state index in [1.165, 1.54) is 22.0 Å². The summed E-state index contributed by atoms with van der Waals surface area (Å²) in [7, 11) is 0. The summed E-state index contributed by atoms with van der Waals surface area (Å²) < 4.78 is 46.8. The second kappa shape index (κ2) is 9.44. The van der Waals surface area contributed by atoms with E-state index in [4.69, 9.17) is 16.3 Å². The molecular weight excluding hydrogens is 461 g/mol. The molecule has 12 heteroatoms. The fraction of sp³-hybridized carbons (Fsp3) is 0.381. The third kappa shape index (κ3) is 5.14. The molecule has 1 aliphatic heterocycles. The Balaban J connectivity index is 1.72. The predicted molar refractivity (Wildman–Crippen MR) is 112 cm³/mol. The maximum atomic E-state index is 13.5. The Hall–Kier alpha value is -3.05. The second-order valence-corrected chi connectivity index (χ2v) is 8.10. The Kier molecular flexibility index (Phi) is 6.61. The van der Waals surface area contributed by atoms with Crippen LogP contribution in [0.4, 0.5) is 13.2 Å². The maximum Gasteiger partial charge on any atom is 0.416 e. The van der Waals surface area contributed by atoms with Gasteiger partial charge in [0.05, 0.1) is 18.2 Å². The molecule has 2 atom stereocenters. The van der Waals surface area contributed by atoms with E-state index >= 15 is 0 Å². The van der Waals surface area contributed by atoms with Crippen molar-refractivity contribution < 1.29 is 22.7 Å². The van der Waals surface area contributed by atoms with E-state index in [1.807, 2.05) is 0 Å². The quantitative estimate of drug-likeness (QED) is 0.530. The highest BCUT2D eigenvalue weighted by Gasteiger charge is 2.34. The molecule has 3 aromatic rings. The van der Waals surface area contributed by atoms with Crippen LogP contribution in [0, 0.1) is 5.92 Å². The van der Waals surface area contributed by atoms with Crippen molar-refractivity contribution in [3.8, 4) is 5.95 Å². The van der Waals surface area contributed by atoms with Gasteiger partial charge in [0, 0.05) is 42.0 Å². The van der Waals surface area contributed by atoms with Gasteiger partial charge in [-0.3, -0.25) is 4.79 Å². The standard InChI is InChI=1S/C21H20ClF3N6O2/c1-13(18-28-12-29-31(18)20-26-4-2-5-27-20)30(10-14-3-6-33-11-14)19(32)15-7-16(21(23,24)25)9-17(22)8-15/h2,4-5,7-9,12-14H,3,6,10-11H2,1H3. The molecule has 33 heavy (non-hydrogen) atoms. The molecule has 1 fully saturated rings. The first kappa shape index (κ1) is 23.1. The average Bonchev–Trinajstić information content (AvgIpc) is 3.48. The molecule has 0 N–H and O–H groups in total. The van der Waals surface area contributed by atoms with Crippen LogP contribution in [-0.4, -0.2) is 55.3 Å². The highest BCUT2D eigenvalue weighted by Crippen LogP contribution is 2.33. The number of ether oxygens (including phenoxy) is 1. The van der Waals surface area contributed by atoms with E-state index in [0.717, 1.165) is 18.6 Å². The molecular formula is C21H20ClF3N6O2. The third-order valence-electron chi connectivity index (χ3n) is 5.37. The SMILES string of the molecule is CC(c1ncnn1-c1ncccn1)N(CC1CCOC1)C(=O)c1cc(Cl)cc(C(F)(F)F)c1. The molecule has 1 saturated heterocycles. The van der Waals surface area contributed by atoms with Crippen molar-refractivity contribution >= 4 is 17.5 Å². The minimum Gasteiger partial charge on any atom is -0.381 e. The van der Waals surface area contributed by atoms with Crippen LogP contribution >= 0.6 is 11.6 Å². The molecule has 0 aliphatic carbocycles. The summed E-state index contributed by atoms with van der Waals surface area (Å²) in [4.78, 5) is 27.6. The van der Waals surface area contributed by atoms with Crippen molar-refractivity contribution in [2.45, 2.75) is 25.6 Å². The number of rotatable bonds is 6. The molecule has 8 nitrogen and oxygen atoms in total. The highest BCUT2D eigenvalue weighted by atomic mass is 35.5. The lowest BCUT2D eigenvalue weighted by Gasteiger charge is -2.31. The van der Waals surface area contributed by atoms with Gasteiger partial charge in [0.25, 0.3) is 11.9 Å². The van der Waals surface area contributed by atoms with Crippen molar-refractivity contribution in [1.29, 1.82) is 0 Å². The average molecular weight is 481 g/mol. The molecule has 4 rings (SSSR count). The lowest BCUT2D eigenvalue weighted by Crippen LogP contribution is -2.39. The number of halogens is 4. The fourth-order valence-electron chi connectivity index (χ4n) is 3.69. The number of amides is 1. The van der Waals surface area contributed by atoms with Gasteiger partial charge < -0.3 is 9.64 Å². The Morgan fingerprint density at radius 3 is 2.70 bits per heavy atom. The van der Waals surface area contributed by atoms with Crippen LogP contribution in [0.1, 0.15) is 41.1 Å². The van der Waals surface area contributed by atoms with Gasteiger partial charge >= 0.3 is 6.18 Å². The maximum absolute atomic E-state index is 13.5. The smallest absolute Gasteiger partial charge is 0.381 e. The van der Waals surface area contributed by atoms with Crippen LogP contribution in [0.25, 0.3) is 5.95 Å². The lowest BCUT2D eigenvalue weighted by atomic mass is 10.0. The predicted octanol–water partition coefficient (Wildman–Crippen LogP) is 3.97. The van der Waals surface area contributed by atoms with Gasteiger partial charge in [-0.1, -0.05) is 11.6 Å². The Bertz CT molecular complexity index is 1120. The minimum absolute atomic E-state index is 0.0296. The van der Waals surface area contributed by atoms with Gasteiger partial charge in [-0.2, -0.15) is 23.0 Å². The number of aromatic nitrogens is 5. The molecule has 0 spiro atoms. The van der Waals surface area contributed by atoms with E-state index in [1.54, 1.807) is 25.4 Å². The second-order valence-electron chi connectivity index (χ2n) is 7.67. The number of nitrogens with zero attached hydrogens (tertiary/aromatic N) is 6. The number of benzene rings is 1. The summed E-state index contributed by atoms with van der Waals surface area (Å²) in [5, 5.41) is 3.99. The van der Waals surface area contributed by atoms with Crippen LogP contribution in [0.3, 0.4) is 0 Å². The van der Waals surface area contributed by atoms with Crippen LogP contribution in [-0.2, 0) is 10.9 Å². The van der Waals surface area contributed by atoms with Gasteiger partial charge in [-0.05, 0) is 37.6 Å². The number of carbonyl (C=O) groups is 1. The Morgan fingerprint density at radius 1 is 1.27 bits per heavy atom. The lowest BCUT2D eigenvalue weighted by molar-refractivity contribution is -0.137. The topological polar surface area (TPSA) is 86.0 Å². The van der Waals surface area contributed by atoms with Crippen molar-refractivity contribution in [3.05, 3.63) is 65.0 Å². The molecule has 1 amide bonds. The van der Waals surface area contributed by atoms with Crippen LogP contribution in [0.15, 0.2) is 43.0 Å². The number of hydrogen-bond acceptors (Lipinski definition) is 6. The van der Waals surface area contributed by atoms with E-state index in [-0.39, 0.29) is 29.0 Å². The largest absolute Gasteiger partial charge is 0.416 e. The molecule has 0 radical (unpaired) electrons. The minimum atomic E-state index is -4.64. The van der Waals surface area contributed by atoms with Crippen molar-refractivity contribution in [1.82, 2.24) is 29.6 Å². The van der Waals surface area contributed by atoms with Crippen molar-refractivity contribution in [2.75, 3.05) is 19.8 Å². The van der Waals surface area contributed by atoms with Crippen LogP contribution in [0.2, 0.25) is 5.02 Å². The monoisotopic (exact) mass is 480 g/mol. The summed E-state index contributed by atoms with van der Waals surface area (Å²) >= 11 is 5.93. The zero-order chi connectivity index (χ0) is 23.6. The van der Waals surface area contributed by atoms with Gasteiger partial charge in [0.1, 0.15) is 6.33 Å². The number of hydrogen-bond donors (Lipinski definition) is 0. The van der Waals surface area contributed by atoms with E-state index < -0.39 is 23.7 Å². The first-order chi connectivity index (χ1) is 15.7. The normalized spacial score (nSPS) is 17.2. The summed E-state index contributed by atoms with van der Waals surface area (Å²) in [5.74, 6) is 0.0510. The number of carbonyl (C=O) groups excluding carboxylic acids is 1. The van der Waals surface area contributed by atoms with E-state index in [0.29, 0.717) is 19.0 Å². The van der Waals surface area contributed by atoms with Gasteiger partial charge in [0.15, 0.2) is 5.82 Å². The van der Waals surface area contributed by atoms with E-state index in [2.05, 4.69) is 20.1 Å². The van der Waals surface area contributed by atoms with E-state index in [9.17, 15) is 18.0 Å². The zero-order valence-corrected chi connectivity index (χ0v) is 18.3. The Labute approximate surface area is 192 Å². The molecule has 1 aromatic carbocycles. The van der Waals surface area contributed by atoms with Gasteiger partial charge in [-0.25, -0.2) is 15.0 Å². The number of alkyl halides is 3. The van der Waals surface area contributed by atoms with Crippen LogP contribution in [0.5, 0.6) is 0 Å². The molecule has 0 bridgehead atoms. The highest BCUT2D eigenvalue weighted by molar-refractivity contribution is 6.31. The summed E-state index contributed by atoms with van der Waals surface area (Å²) in [6.45, 7) is 3.00. The van der Waals surface area contributed by atoms with Gasteiger partial charge in [0.2, 0.25) is 0 Å². The van der Waals surface area contributed by atoms with Crippen LogP contribution < -0.4 is 0 Å². The first-order valence-electron chi connectivity index (χ1n) is 10.2. The molecule has 2 unspecified atom stereocenters. The first-order valence-corrected chi connectivity index (χ1v) is 10.6. The summed E-state index contributed by atoms with van der Waals surface area (Å²) in [6.07, 6.45) is 0.489. The van der Waals surface area contributed by atoms with Crippen molar-refractivity contribution in [2.24, 2.45) is 5.92 Å². The molecule has 0 saturated carbocycles. The summed E-state index contributed by atoms with van der Waals surface area (Å²) in [6, 6.07) is 3.83. The molecule has 1 aliphatic rings. The summed E-state index contributed by atoms with van der Waals surface area (Å²) in [5.41, 5.74) is -1.15. The zero-order valence-electron chi connectivity index (χ0n) is 17.5. The van der Waals surface area contributed by atoms with Crippen molar-refractivity contribution in [3.63, 3.8) is 0 Å². The molecule has 3 heterocycles.